The van der Waals surface area contributed by atoms with Crippen molar-refractivity contribution in [2.45, 2.75) is 39.0 Å². The van der Waals surface area contributed by atoms with Gasteiger partial charge in [0.25, 0.3) is 0 Å². The number of allylic oxidation sites excluding steroid dienone is 1. The summed E-state index contributed by atoms with van der Waals surface area (Å²) in [5, 5.41) is 0. The normalized spacial score (nSPS) is 9.67. The van der Waals surface area contributed by atoms with Gasteiger partial charge in [-0.05, 0) is 13.3 Å². The second-order valence-electron chi connectivity index (χ2n) is 3.07. The molecule has 0 saturated heterocycles. The van der Waals surface area contributed by atoms with E-state index in [0.29, 0.717) is 0 Å². The summed E-state index contributed by atoms with van der Waals surface area (Å²) in [6.45, 7) is 9.64. The van der Waals surface area contributed by atoms with Gasteiger partial charge in [0.2, 0.25) is 0 Å². The standard InChI is InChI=1S/C10H19N.Y/c1-4-6-10(11)8-5-7-9(2)3;/h1-2,4-8,11H2,3H3;/q-2;. The Labute approximate surface area is 102 Å². The Morgan fingerprint density at radius 3 is 2.50 bits per heavy atom. The Morgan fingerprint density at radius 1 is 1.50 bits per heavy atom. The van der Waals surface area contributed by atoms with Gasteiger partial charge in [0.15, 0.2) is 0 Å². The van der Waals surface area contributed by atoms with Crippen molar-refractivity contribution in [1.82, 2.24) is 0 Å². The van der Waals surface area contributed by atoms with Crippen molar-refractivity contribution in [3.63, 3.8) is 0 Å². The quantitative estimate of drug-likeness (QED) is 0.562. The summed E-state index contributed by atoms with van der Waals surface area (Å²) in [5.74, 6) is 0. The van der Waals surface area contributed by atoms with E-state index in [9.17, 15) is 0 Å². The van der Waals surface area contributed by atoms with Crippen LogP contribution < -0.4 is 5.73 Å². The molecule has 0 aliphatic rings. The molecular weight excluding hydrogens is 223 g/mol. The van der Waals surface area contributed by atoms with Crippen molar-refractivity contribution in [1.29, 1.82) is 0 Å². The van der Waals surface area contributed by atoms with Crippen molar-refractivity contribution < 1.29 is 32.7 Å². The SMILES string of the molecule is C=C(C)CCC[C-](N)CC[CH2-].[Y]. The zero-order valence-electron chi connectivity index (χ0n) is 8.10. The maximum Gasteiger partial charge on any atom is 0 e. The van der Waals surface area contributed by atoms with E-state index in [0.717, 1.165) is 38.1 Å². The molecule has 2 N–H and O–H groups in total. The van der Waals surface area contributed by atoms with Crippen LogP contribution in [0.1, 0.15) is 39.0 Å². The van der Waals surface area contributed by atoms with Crippen LogP contribution in [0.5, 0.6) is 0 Å². The van der Waals surface area contributed by atoms with E-state index in [4.69, 9.17) is 5.73 Å². The van der Waals surface area contributed by atoms with Crippen LogP contribution in [0, 0.1) is 13.0 Å². The summed E-state index contributed by atoms with van der Waals surface area (Å²) in [5.41, 5.74) is 6.96. The van der Waals surface area contributed by atoms with E-state index in [2.05, 4.69) is 20.4 Å². The van der Waals surface area contributed by atoms with E-state index in [-0.39, 0.29) is 32.7 Å². The molecule has 0 aromatic carbocycles. The first-order valence-electron chi connectivity index (χ1n) is 4.20. The molecule has 0 bridgehead atoms. The molecule has 0 fully saturated rings. The average Bonchev–Trinajstić information content (AvgIpc) is 1.87. The smallest absolute Gasteiger partial charge is 0 e. The van der Waals surface area contributed by atoms with Crippen molar-refractivity contribution in [2.75, 3.05) is 0 Å². The maximum atomic E-state index is 5.72. The fourth-order valence-corrected chi connectivity index (χ4v) is 0.969. The van der Waals surface area contributed by atoms with E-state index < -0.39 is 0 Å². The summed E-state index contributed by atoms with van der Waals surface area (Å²) in [7, 11) is 0. The zero-order chi connectivity index (χ0) is 8.69. The summed E-state index contributed by atoms with van der Waals surface area (Å²) >= 11 is 0. The topological polar surface area (TPSA) is 26.0 Å². The molecule has 0 atom stereocenters. The molecule has 12 heavy (non-hydrogen) atoms. The third-order valence-electron chi connectivity index (χ3n) is 1.60. The Hall–Kier alpha value is 0.804. The number of hydrogen-bond acceptors (Lipinski definition) is 1. The summed E-state index contributed by atoms with van der Waals surface area (Å²) < 4.78 is 0. The fourth-order valence-electron chi connectivity index (χ4n) is 0.969. The molecule has 0 heterocycles. The molecule has 0 rings (SSSR count). The fraction of sp³-hybridized carbons (Fsp3) is 0.600. The first-order valence-corrected chi connectivity index (χ1v) is 4.20. The minimum Gasteiger partial charge on any atom is -0.481 e. The molecule has 0 saturated carbocycles. The van der Waals surface area contributed by atoms with E-state index in [1.807, 2.05) is 0 Å². The van der Waals surface area contributed by atoms with Gasteiger partial charge in [-0.1, -0.05) is 12.0 Å². The minimum atomic E-state index is 0. The third kappa shape index (κ3) is 10.8. The van der Waals surface area contributed by atoms with Crippen LogP contribution in [-0.4, -0.2) is 0 Å². The van der Waals surface area contributed by atoms with Crippen LogP contribution in [0.15, 0.2) is 12.2 Å². The molecule has 0 aliphatic heterocycles. The van der Waals surface area contributed by atoms with E-state index in [1.165, 1.54) is 5.57 Å². The van der Waals surface area contributed by atoms with Gasteiger partial charge in [-0.3, -0.25) is 6.04 Å². The Morgan fingerprint density at radius 2 is 2.08 bits per heavy atom. The molecule has 0 amide bonds. The summed E-state index contributed by atoms with van der Waals surface area (Å²) in [6, 6.07) is 1.08. The second-order valence-corrected chi connectivity index (χ2v) is 3.07. The molecular formula is C10H19NY-2. The van der Waals surface area contributed by atoms with Crippen molar-refractivity contribution in [3.8, 4) is 0 Å². The van der Waals surface area contributed by atoms with Gasteiger partial charge in [-0.15, -0.1) is 6.58 Å². The molecule has 69 valence electrons. The summed E-state index contributed by atoms with van der Waals surface area (Å²) in [6.07, 6.45) is 5.15. The van der Waals surface area contributed by atoms with Gasteiger partial charge in [0.05, 0.1) is 0 Å². The van der Waals surface area contributed by atoms with Crippen molar-refractivity contribution >= 4 is 0 Å². The Bertz CT molecular complexity index is 112. The minimum absolute atomic E-state index is 0. The molecule has 1 radical (unpaired) electrons. The van der Waals surface area contributed by atoms with Gasteiger partial charge in [0, 0.05) is 32.7 Å². The van der Waals surface area contributed by atoms with E-state index in [1.54, 1.807) is 0 Å². The van der Waals surface area contributed by atoms with Crippen molar-refractivity contribution in [2.24, 2.45) is 5.73 Å². The van der Waals surface area contributed by atoms with Crippen LogP contribution >= 0.6 is 0 Å². The third-order valence-corrected chi connectivity index (χ3v) is 1.60. The molecule has 0 aromatic rings. The monoisotopic (exact) mass is 242 g/mol. The van der Waals surface area contributed by atoms with Gasteiger partial charge in [0.1, 0.15) is 0 Å². The zero-order valence-corrected chi connectivity index (χ0v) is 10.9. The maximum absolute atomic E-state index is 5.72. The van der Waals surface area contributed by atoms with E-state index >= 15 is 0 Å². The first kappa shape index (κ1) is 15.3. The second kappa shape index (κ2) is 9.89. The van der Waals surface area contributed by atoms with Gasteiger partial charge >= 0.3 is 0 Å². The van der Waals surface area contributed by atoms with Crippen LogP contribution in [0.3, 0.4) is 0 Å². The molecule has 0 aliphatic carbocycles. The number of rotatable bonds is 6. The molecule has 0 aromatic heterocycles. The Balaban J connectivity index is 0. The molecule has 0 spiro atoms. The van der Waals surface area contributed by atoms with Crippen LogP contribution in [0.4, 0.5) is 0 Å². The summed E-state index contributed by atoms with van der Waals surface area (Å²) in [4.78, 5) is 0. The largest absolute Gasteiger partial charge is 0.481 e. The predicted octanol–water partition coefficient (Wildman–Crippen LogP) is 2.84. The average molecular weight is 242 g/mol. The predicted molar refractivity (Wildman–Crippen MR) is 50.7 cm³/mol. The van der Waals surface area contributed by atoms with Crippen LogP contribution in [0.25, 0.3) is 0 Å². The molecule has 1 nitrogen and oxygen atoms in total. The van der Waals surface area contributed by atoms with Crippen molar-refractivity contribution in [3.05, 3.63) is 25.1 Å². The van der Waals surface area contributed by atoms with Gasteiger partial charge < -0.3 is 12.7 Å². The first-order chi connectivity index (χ1) is 5.16. The molecule has 2 heteroatoms. The van der Waals surface area contributed by atoms with Gasteiger partial charge in [-0.25, -0.2) is 6.42 Å². The van der Waals surface area contributed by atoms with Crippen LogP contribution in [0.2, 0.25) is 0 Å². The number of hydrogen-bond donors (Lipinski definition) is 1. The Kier molecular flexibility index (Phi) is 12.6. The number of nitrogens with two attached hydrogens (primary N) is 1. The van der Waals surface area contributed by atoms with Gasteiger partial charge in [-0.2, -0.15) is 12.8 Å². The molecule has 0 unspecified atom stereocenters. The van der Waals surface area contributed by atoms with Crippen LogP contribution in [-0.2, 0) is 32.7 Å².